The average Bonchev–Trinajstić information content (AvgIpc) is 2.45. The molecule has 0 aromatic rings. The van der Waals surface area contributed by atoms with Crippen molar-refractivity contribution in [2.75, 3.05) is 12.0 Å². The zero-order valence-corrected chi connectivity index (χ0v) is 7.15. The summed E-state index contributed by atoms with van der Waals surface area (Å²) in [6, 6.07) is 0. The van der Waals surface area contributed by atoms with Gasteiger partial charge in [0.25, 0.3) is 0 Å². The molecule has 0 aromatic carbocycles. The maximum Gasteiger partial charge on any atom is 0.147 e. The summed E-state index contributed by atoms with van der Waals surface area (Å²) in [7, 11) is -2.69. The van der Waals surface area contributed by atoms with Crippen LogP contribution in [-0.4, -0.2) is 20.4 Å². The Bertz CT molecular complexity index is 190. The molecule has 60 valence electrons. The summed E-state index contributed by atoms with van der Waals surface area (Å²) in [5.74, 6) is 1.24. The molecule has 0 bridgehead atoms. The van der Waals surface area contributed by atoms with Crippen molar-refractivity contribution in [3.05, 3.63) is 0 Å². The van der Waals surface area contributed by atoms with Crippen LogP contribution in [0, 0.1) is 5.92 Å². The Morgan fingerprint density at radius 3 is 2.40 bits per heavy atom. The predicted molar refractivity (Wildman–Crippen MR) is 41.7 cm³/mol. The molecule has 3 heteroatoms. The van der Waals surface area contributed by atoms with Crippen LogP contribution >= 0.6 is 0 Å². The minimum absolute atomic E-state index is 0.378. The van der Waals surface area contributed by atoms with Crippen molar-refractivity contribution < 1.29 is 8.42 Å². The van der Waals surface area contributed by atoms with Crippen molar-refractivity contribution >= 4 is 9.84 Å². The molecule has 1 fully saturated rings. The van der Waals surface area contributed by atoms with E-state index in [-0.39, 0.29) is 0 Å². The van der Waals surface area contributed by atoms with E-state index in [9.17, 15) is 8.42 Å². The highest BCUT2D eigenvalue weighted by molar-refractivity contribution is 7.90. The highest BCUT2D eigenvalue weighted by atomic mass is 32.2. The minimum atomic E-state index is -2.69. The van der Waals surface area contributed by atoms with Crippen molar-refractivity contribution in [2.24, 2.45) is 5.92 Å². The molecule has 10 heavy (non-hydrogen) atoms. The van der Waals surface area contributed by atoms with E-state index in [0.29, 0.717) is 5.75 Å². The van der Waals surface area contributed by atoms with Gasteiger partial charge in [-0.15, -0.1) is 0 Å². The molecule has 0 unspecified atom stereocenters. The van der Waals surface area contributed by atoms with E-state index in [1.54, 1.807) is 0 Å². The molecule has 1 rings (SSSR count). The summed E-state index contributed by atoms with van der Waals surface area (Å²) in [5, 5.41) is 0. The first kappa shape index (κ1) is 8.05. The lowest BCUT2D eigenvalue weighted by Gasteiger charge is -1.95. The predicted octanol–water partition coefficient (Wildman–Crippen LogP) is 1.22. The molecule has 1 aliphatic rings. The molecule has 0 N–H and O–H groups in total. The maximum absolute atomic E-state index is 10.6. The molecule has 0 heterocycles. The molecule has 0 atom stereocenters. The zero-order valence-electron chi connectivity index (χ0n) is 6.34. The van der Waals surface area contributed by atoms with Crippen LogP contribution in [0.25, 0.3) is 0 Å². The fourth-order valence-electron chi connectivity index (χ4n) is 1.04. The topological polar surface area (TPSA) is 34.1 Å². The molecule has 0 aromatic heterocycles. The summed E-state index contributed by atoms with van der Waals surface area (Å²) in [6.07, 6.45) is 5.93. The standard InChI is InChI=1S/C7H14O2S/c1-10(8,9)6-2-3-7-4-5-7/h7H,2-6H2,1H3. The number of hydrogen-bond donors (Lipinski definition) is 0. The second-order valence-corrected chi connectivity index (χ2v) is 5.48. The normalized spacial score (nSPS) is 19.3. The van der Waals surface area contributed by atoms with Crippen LogP contribution in [0.4, 0.5) is 0 Å². The first-order valence-electron chi connectivity index (χ1n) is 3.76. The van der Waals surface area contributed by atoms with Crippen LogP contribution < -0.4 is 0 Å². The lowest BCUT2D eigenvalue weighted by atomic mass is 10.2. The third-order valence-corrected chi connectivity index (χ3v) is 2.85. The Balaban J connectivity index is 2.04. The van der Waals surface area contributed by atoms with Crippen LogP contribution in [0.15, 0.2) is 0 Å². The van der Waals surface area contributed by atoms with Crippen molar-refractivity contribution in [3.63, 3.8) is 0 Å². The molecule has 0 saturated heterocycles. The molecular formula is C7H14O2S. The molecule has 2 nitrogen and oxygen atoms in total. The van der Waals surface area contributed by atoms with Crippen LogP contribution in [0.3, 0.4) is 0 Å². The SMILES string of the molecule is CS(=O)(=O)CCCC1CC1. The Labute approximate surface area is 62.5 Å². The van der Waals surface area contributed by atoms with Crippen molar-refractivity contribution in [1.29, 1.82) is 0 Å². The van der Waals surface area contributed by atoms with E-state index in [4.69, 9.17) is 0 Å². The van der Waals surface area contributed by atoms with Crippen LogP contribution in [0.5, 0.6) is 0 Å². The lowest BCUT2D eigenvalue weighted by molar-refractivity contribution is 0.594. The second kappa shape index (κ2) is 2.91. The van der Waals surface area contributed by atoms with Gasteiger partial charge in [-0.2, -0.15) is 0 Å². The Kier molecular flexibility index (Phi) is 2.34. The summed E-state index contributed by atoms with van der Waals surface area (Å²) >= 11 is 0. The fourth-order valence-corrected chi connectivity index (χ4v) is 1.73. The second-order valence-electron chi connectivity index (χ2n) is 3.22. The van der Waals surface area contributed by atoms with Gasteiger partial charge in [-0.1, -0.05) is 12.8 Å². The highest BCUT2D eigenvalue weighted by Gasteiger charge is 2.20. The van der Waals surface area contributed by atoms with Gasteiger partial charge in [0.1, 0.15) is 9.84 Å². The fraction of sp³-hybridized carbons (Fsp3) is 1.00. The number of rotatable bonds is 4. The van der Waals surface area contributed by atoms with Crippen molar-refractivity contribution in [1.82, 2.24) is 0 Å². The van der Waals surface area contributed by atoms with Gasteiger partial charge in [-0.25, -0.2) is 8.42 Å². The van der Waals surface area contributed by atoms with Gasteiger partial charge in [-0.05, 0) is 18.8 Å². The molecular weight excluding hydrogens is 148 g/mol. The summed E-state index contributed by atoms with van der Waals surface area (Å²) in [5.41, 5.74) is 0. The van der Waals surface area contributed by atoms with Gasteiger partial charge in [0, 0.05) is 12.0 Å². The van der Waals surface area contributed by atoms with Gasteiger partial charge in [0.05, 0.1) is 0 Å². The highest BCUT2D eigenvalue weighted by Crippen LogP contribution is 2.33. The lowest BCUT2D eigenvalue weighted by Crippen LogP contribution is -2.02. The third-order valence-electron chi connectivity index (χ3n) is 1.82. The molecule has 0 radical (unpaired) electrons. The van der Waals surface area contributed by atoms with Crippen LogP contribution in [-0.2, 0) is 9.84 Å². The van der Waals surface area contributed by atoms with Gasteiger partial charge in [0.15, 0.2) is 0 Å². The van der Waals surface area contributed by atoms with Crippen LogP contribution in [0.2, 0.25) is 0 Å². The Morgan fingerprint density at radius 2 is 2.00 bits per heavy atom. The first-order chi connectivity index (χ1) is 4.58. The Morgan fingerprint density at radius 1 is 1.40 bits per heavy atom. The smallest absolute Gasteiger partial charge is 0.147 e. The third kappa shape index (κ3) is 3.88. The first-order valence-corrected chi connectivity index (χ1v) is 5.82. The largest absolute Gasteiger partial charge is 0.229 e. The van der Waals surface area contributed by atoms with E-state index >= 15 is 0 Å². The molecule has 0 amide bonds. The van der Waals surface area contributed by atoms with E-state index in [2.05, 4.69) is 0 Å². The quantitative estimate of drug-likeness (QED) is 0.623. The summed E-state index contributed by atoms with van der Waals surface area (Å²) in [6.45, 7) is 0. The van der Waals surface area contributed by atoms with Crippen molar-refractivity contribution in [3.8, 4) is 0 Å². The molecule has 1 saturated carbocycles. The maximum atomic E-state index is 10.6. The van der Waals surface area contributed by atoms with Gasteiger partial charge in [0.2, 0.25) is 0 Å². The van der Waals surface area contributed by atoms with E-state index in [1.165, 1.54) is 19.1 Å². The van der Waals surface area contributed by atoms with Crippen LogP contribution in [0.1, 0.15) is 25.7 Å². The molecule has 1 aliphatic carbocycles. The molecule has 0 spiro atoms. The number of sulfone groups is 1. The van der Waals surface area contributed by atoms with Gasteiger partial charge in [-0.3, -0.25) is 0 Å². The van der Waals surface area contributed by atoms with Crippen molar-refractivity contribution in [2.45, 2.75) is 25.7 Å². The molecule has 0 aliphatic heterocycles. The van der Waals surface area contributed by atoms with E-state index in [0.717, 1.165) is 18.8 Å². The number of hydrogen-bond acceptors (Lipinski definition) is 2. The van der Waals surface area contributed by atoms with E-state index < -0.39 is 9.84 Å². The summed E-state index contributed by atoms with van der Waals surface area (Å²) < 4.78 is 21.3. The monoisotopic (exact) mass is 162 g/mol. The van der Waals surface area contributed by atoms with E-state index in [1.807, 2.05) is 0 Å². The van der Waals surface area contributed by atoms with Gasteiger partial charge >= 0.3 is 0 Å². The zero-order chi connectivity index (χ0) is 7.61. The van der Waals surface area contributed by atoms with Gasteiger partial charge < -0.3 is 0 Å². The Hall–Kier alpha value is -0.0500. The summed E-state index contributed by atoms with van der Waals surface area (Å²) in [4.78, 5) is 0. The minimum Gasteiger partial charge on any atom is -0.229 e. The average molecular weight is 162 g/mol.